The molecule has 0 unspecified atom stereocenters. The van der Waals surface area contributed by atoms with Crippen LogP contribution in [0.3, 0.4) is 0 Å². The minimum Gasteiger partial charge on any atom is -0.496 e. The van der Waals surface area contributed by atoms with Crippen LogP contribution in [0.15, 0.2) is 18.2 Å². The second-order valence-electron chi connectivity index (χ2n) is 6.09. The summed E-state index contributed by atoms with van der Waals surface area (Å²) < 4.78 is 15.8. The highest BCUT2D eigenvalue weighted by molar-refractivity contribution is 5.99. The van der Waals surface area contributed by atoms with Crippen LogP contribution in [-0.2, 0) is 14.3 Å². The Morgan fingerprint density at radius 2 is 2.00 bits per heavy atom. The number of nitrogens with one attached hydrogen (secondary N) is 1. The van der Waals surface area contributed by atoms with Crippen LogP contribution in [-0.4, -0.2) is 38.3 Å². The zero-order valence-electron chi connectivity index (χ0n) is 14.7. The van der Waals surface area contributed by atoms with Crippen molar-refractivity contribution in [2.24, 2.45) is 5.92 Å². The number of hydrogen-bond acceptors (Lipinski definition) is 5. The van der Waals surface area contributed by atoms with E-state index in [9.17, 15) is 9.59 Å². The van der Waals surface area contributed by atoms with Gasteiger partial charge in [0.15, 0.2) is 0 Å². The van der Waals surface area contributed by atoms with Crippen molar-refractivity contribution in [3.8, 4) is 5.75 Å². The zero-order chi connectivity index (χ0) is 17.7. The average Bonchev–Trinajstić information content (AvgIpc) is 3.44. The molecule has 0 aliphatic heterocycles. The van der Waals surface area contributed by atoms with Gasteiger partial charge in [-0.15, -0.1) is 0 Å². The highest BCUT2D eigenvalue weighted by Gasteiger charge is 2.48. The predicted molar refractivity (Wildman–Crippen MR) is 90.3 cm³/mol. The van der Waals surface area contributed by atoms with Crippen LogP contribution in [0, 0.1) is 5.92 Å². The first-order valence-electron chi connectivity index (χ1n) is 8.18. The summed E-state index contributed by atoms with van der Waals surface area (Å²) in [6, 6.07) is 4.87. The summed E-state index contributed by atoms with van der Waals surface area (Å²) in [5, 5.41) is 2.86. The summed E-state index contributed by atoms with van der Waals surface area (Å²) in [7, 11) is 2.78. The number of methoxy groups -OCH3 is 2. The Kier molecular flexibility index (Phi) is 5.83. The first kappa shape index (κ1) is 18.3. The first-order valence-corrected chi connectivity index (χ1v) is 8.18. The molecule has 1 aromatic rings. The van der Waals surface area contributed by atoms with Crippen LogP contribution in [0.1, 0.15) is 43.5 Å². The number of amides is 1. The maximum absolute atomic E-state index is 12.7. The topological polar surface area (TPSA) is 73.9 Å². The Morgan fingerprint density at radius 3 is 2.54 bits per heavy atom. The molecule has 1 N–H and O–H groups in total. The molecule has 2 rings (SSSR count). The number of hydrogen-bond donors (Lipinski definition) is 1. The summed E-state index contributed by atoms with van der Waals surface area (Å²) in [5.41, 5.74) is -0.0740. The van der Waals surface area contributed by atoms with Crippen LogP contribution in [0.5, 0.6) is 5.75 Å². The fourth-order valence-electron chi connectivity index (χ4n) is 2.63. The monoisotopic (exact) mass is 335 g/mol. The van der Waals surface area contributed by atoms with Gasteiger partial charge in [-0.2, -0.15) is 0 Å². The average molecular weight is 335 g/mol. The fraction of sp³-hybridized carbons (Fsp3) is 0.556. The van der Waals surface area contributed by atoms with Crippen LogP contribution in [0.4, 0.5) is 5.69 Å². The molecule has 6 heteroatoms. The molecule has 1 amide bonds. The number of ether oxygens (including phenoxy) is 3. The summed E-state index contributed by atoms with van der Waals surface area (Å²) in [5.74, 6) is -0.0796. The highest BCUT2D eigenvalue weighted by Crippen LogP contribution is 2.42. The molecule has 1 aromatic carbocycles. The molecule has 0 spiro atoms. The van der Waals surface area contributed by atoms with Crippen molar-refractivity contribution in [2.45, 2.75) is 38.7 Å². The van der Waals surface area contributed by atoms with Gasteiger partial charge in [0.1, 0.15) is 16.9 Å². The second-order valence-corrected chi connectivity index (χ2v) is 6.09. The van der Waals surface area contributed by atoms with E-state index < -0.39 is 11.6 Å². The van der Waals surface area contributed by atoms with Gasteiger partial charge in [0.05, 0.1) is 14.2 Å². The fourth-order valence-corrected chi connectivity index (χ4v) is 2.63. The third-order valence-corrected chi connectivity index (χ3v) is 4.28. The molecule has 1 aliphatic carbocycles. The van der Waals surface area contributed by atoms with E-state index in [2.05, 4.69) is 5.32 Å². The first-order chi connectivity index (χ1) is 11.5. The maximum atomic E-state index is 12.7. The minimum absolute atomic E-state index is 0.195. The van der Waals surface area contributed by atoms with Gasteiger partial charge in [0, 0.05) is 12.3 Å². The molecule has 0 heterocycles. The lowest BCUT2D eigenvalue weighted by atomic mass is 9.98. The van der Waals surface area contributed by atoms with Crippen molar-refractivity contribution in [3.63, 3.8) is 0 Å². The largest absolute Gasteiger partial charge is 0.496 e. The van der Waals surface area contributed by atoms with Crippen molar-refractivity contribution < 1.29 is 23.8 Å². The van der Waals surface area contributed by atoms with E-state index in [1.165, 1.54) is 14.2 Å². The Morgan fingerprint density at radius 1 is 1.29 bits per heavy atom. The number of rotatable bonds is 8. The molecule has 24 heavy (non-hydrogen) atoms. The number of carbonyl (C=O) groups excluding carboxylic acids is 2. The Bertz CT molecular complexity index is 611. The predicted octanol–water partition coefficient (Wildman–Crippen LogP) is 3.02. The second kappa shape index (κ2) is 7.66. The third-order valence-electron chi connectivity index (χ3n) is 4.28. The van der Waals surface area contributed by atoms with Crippen LogP contribution in [0.25, 0.3) is 0 Å². The highest BCUT2D eigenvalue weighted by atomic mass is 16.5. The quantitative estimate of drug-likeness (QED) is 0.739. The molecule has 1 aliphatic rings. The van der Waals surface area contributed by atoms with Crippen LogP contribution < -0.4 is 10.1 Å². The molecule has 0 bridgehead atoms. The molecule has 1 fully saturated rings. The maximum Gasteiger partial charge on any atom is 0.341 e. The molecule has 0 aromatic heterocycles. The van der Waals surface area contributed by atoms with Crippen molar-refractivity contribution in [2.75, 3.05) is 26.1 Å². The summed E-state index contributed by atoms with van der Waals surface area (Å²) in [6.45, 7) is 4.38. The normalized spacial score (nSPS) is 16.2. The zero-order valence-corrected chi connectivity index (χ0v) is 14.7. The van der Waals surface area contributed by atoms with E-state index >= 15 is 0 Å². The van der Waals surface area contributed by atoms with E-state index in [4.69, 9.17) is 14.2 Å². The van der Waals surface area contributed by atoms with Gasteiger partial charge in [0.25, 0.3) is 5.91 Å². The summed E-state index contributed by atoms with van der Waals surface area (Å²) >= 11 is 0. The summed E-state index contributed by atoms with van der Waals surface area (Å²) in [6.07, 6.45) is 2.83. The Labute approximate surface area is 142 Å². The van der Waals surface area contributed by atoms with Crippen LogP contribution in [0.2, 0.25) is 0 Å². The number of benzene rings is 1. The van der Waals surface area contributed by atoms with Gasteiger partial charge in [-0.05, 0) is 50.3 Å². The smallest absolute Gasteiger partial charge is 0.341 e. The van der Waals surface area contributed by atoms with Crippen molar-refractivity contribution in [1.29, 1.82) is 0 Å². The van der Waals surface area contributed by atoms with Crippen LogP contribution >= 0.6 is 0 Å². The van der Waals surface area contributed by atoms with E-state index in [-0.39, 0.29) is 17.4 Å². The van der Waals surface area contributed by atoms with E-state index in [1.807, 2.05) is 13.8 Å². The van der Waals surface area contributed by atoms with Gasteiger partial charge >= 0.3 is 5.97 Å². The lowest BCUT2D eigenvalue weighted by molar-refractivity contribution is -0.142. The van der Waals surface area contributed by atoms with Gasteiger partial charge in [-0.1, -0.05) is 6.92 Å². The van der Waals surface area contributed by atoms with E-state index in [1.54, 1.807) is 18.2 Å². The van der Waals surface area contributed by atoms with E-state index in [0.717, 1.165) is 19.3 Å². The molecule has 0 radical (unpaired) electrons. The number of anilines is 1. The van der Waals surface area contributed by atoms with Crippen molar-refractivity contribution in [1.82, 2.24) is 0 Å². The Hall–Kier alpha value is -2.08. The Balaban J connectivity index is 2.19. The molecule has 6 nitrogen and oxygen atoms in total. The van der Waals surface area contributed by atoms with Gasteiger partial charge < -0.3 is 19.5 Å². The lowest BCUT2D eigenvalue weighted by Crippen LogP contribution is -2.45. The van der Waals surface area contributed by atoms with Crippen molar-refractivity contribution in [3.05, 3.63) is 23.8 Å². The number of esters is 1. The molecule has 1 atom stereocenters. The summed E-state index contributed by atoms with van der Waals surface area (Å²) in [4.78, 5) is 24.6. The van der Waals surface area contributed by atoms with E-state index in [0.29, 0.717) is 18.0 Å². The number of carbonyl (C=O) groups is 2. The minimum atomic E-state index is -0.846. The van der Waals surface area contributed by atoms with Gasteiger partial charge in [0.2, 0.25) is 0 Å². The third kappa shape index (κ3) is 3.87. The van der Waals surface area contributed by atoms with Gasteiger partial charge in [-0.3, -0.25) is 4.79 Å². The molecular weight excluding hydrogens is 310 g/mol. The molecule has 132 valence electrons. The van der Waals surface area contributed by atoms with Gasteiger partial charge in [-0.25, -0.2) is 4.79 Å². The molecule has 0 saturated heterocycles. The van der Waals surface area contributed by atoms with Crippen molar-refractivity contribution >= 4 is 17.6 Å². The standard InChI is InChI=1S/C18H25NO5/c1-5-10-24-18(2,12-6-7-12)17(21)19-13-8-9-15(22-3)14(11-13)16(20)23-4/h8-9,11-12H,5-7,10H2,1-4H3,(H,19,21)/t18-/m1/s1. The molecular formula is C18H25NO5. The molecule has 1 saturated carbocycles. The lowest BCUT2D eigenvalue weighted by Gasteiger charge is -2.28. The SMILES string of the molecule is CCCO[C@@](C)(C(=O)Nc1ccc(OC)c(C(=O)OC)c1)C1CC1.